The van der Waals surface area contributed by atoms with Gasteiger partial charge in [0.1, 0.15) is 5.52 Å². The molecular weight excluding hydrogens is 442 g/mol. The molecule has 0 saturated heterocycles. The van der Waals surface area contributed by atoms with E-state index < -0.39 is 6.61 Å². The number of nitrogens with one attached hydrogen (secondary N) is 2. The number of alkyl halides is 2. The van der Waals surface area contributed by atoms with Crippen LogP contribution in [-0.2, 0) is 4.79 Å². The van der Waals surface area contributed by atoms with Crippen LogP contribution < -0.4 is 15.4 Å². The second-order valence-electron chi connectivity index (χ2n) is 8.45. The molecule has 0 spiro atoms. The van der Waals surface area contributed by atoms with Gasteiger partial charge in [-0.05, 0) is 55.5 Å². The van der Waals surface area contributed by atoms with Gasteiger partial charge in [0.05, 0.1) is 5.52 Å². The summed E-state index contributed by atoms with van der Waals surface area (Å²) in [4.78, 5) is 19.9. The highest BCUT2D eigenvalue weighted by Gasteiger charge is 2.24. The predicted molar refractivity (Wildman–Crippen MR) is 124 cm³/mol. The first kappa shape index (κ1) is 22.0. The minimum atomic E-state index is -3.02. The Morgan fingerprint density at radius 3 is 2.71 bits per heavy atom. The third-order valence-corrected chi connectivity index (χ3v) is 6.06. The summed E-state index contributed by atoms with van der Waals surface area (Å²) in [5.41, 5.74) is 2.71. The number of fused-ring (bicyclic) bond motifs is 2. The predicted octanol–water partition coefficient (Wildman–Crippen LogP) is 4.41. The van der Waals surface area contributed by atoms with Crippen molar-refractivity contribution in [3.05, 3.63) is 48.8 Å². The first-order valence-corrected chi connectivity index (χ1v) is 11.2. The number of benzene rings is 1. The third kappa shape index (κ3) is 4.61. The van der Waals surface area contributed by atoms with E-state index >= 15 is 0 Å². The molecule has 176 valence electrons. The summed E-state index contributed by atoms with van der Waals surface area (Å²) in [5.74, 6) is -0.00761. The highest BCUT2D eigenvalue weighted by Crippen LogP contribution is 2.34. The molecule has 1 aromatic carbocycles. The largest absolute Gasteiger partial charge is 0.414 e. The lowest BCUT2D eigenvalue weighted by Crippen LogP contribution is -2.39. The third-order valence-electron chi connectivity index (χ3n) is 6.06. The Hall–Kier alpha value is -3.82. The molecule has 10 heteroatoms. The monoisotopic (exact) mass is 466 g/mol. The number of nitrogens with zero attached hydrogens (tertiary/aromatic N) is 4. The highest BCUT2D eigenvalue weighted by atomic mass is 19.3. The average Bonchev–Trinajstić information content (AvgIpc) is 3.24. The van der Waals surface area contributed by atoms with E-state index in [1.54, 1.807) is 12.4 Å². The molecule has 0 bridgehead atoms. The van der Waals surface area contributed by atoms with Crippen LogP contribution in [0.15, 0.2) is 48.8 Å². The maximum atomic E-state index is 13.3. The molecule has 1 saturated carbocycles. The molecule has 1 amide bonds. The van der Waals surface area contributed by atoms with E-state index in [0.717, 1.165) is 42.1 Å². The molecule has 1 aliphatic rings. The van der Waals surface area contributed by atoms with Gasteiger partial charge in [0, 0.05) is 42.4 Å². The fraction of sp³-hybridized carbons (Fsp3) is 0.333. The number of amides is 1. The summed E-state index contributed by atoms with van der Waals surface area (Å²) in [6.45, 7) is -1.51. The standard InChI is InChI=1S/C24H24F2N6O2/c1-14(33)28-17-5-7-18(8-6-17)29-24-30-22(34-23(25)26)21-19(10-12-32(21)31-24)15-4-9-20-16(13-15)3-2-11-27-20/h2-4,9-13,17-18,23H,5-8H2,1H3,(H,28,33)(H,29,31). The molecule has 3 heterocycles. The van der Waals surface area contributed by atoms with Crippen molar-refractivity contribution in [3.63, 3.8) is 0 Å². The Morgan fingerprint density at radius 2 is 1.94 bits per heavy atom. The number of carbonyl (C=O) groups excluding carboxylic acids is 1. The number of hydrogen-bond donors (Lipinski definition) is 2. The molecule has 4 aromatic rings. The van der Waals surface area contributed by atoms with Crippen LogP contribution in [-0.4, -0.2) is 44.2 Å². The fourth-order valence-corrected chi connectivity index (χ4v) is 4.55. The molecule has 1 aliphatic carbocycles. The van der Waals surface area contributed by atoms with Crippen LogP contribution in [0.4, 0.5) is 14.7 Å². The Morgan fingerprint density at radius 1 is 1.15 bits per heavy atom. The summed E-state index contributed by atoms with van der Waals surface area (Å²) in [6, 6.07) is 11.5. The second-order valence-corrected chi connectivity index (χ2v) is 8.45. The maximum Gasteiger partial charge on any atom is 0.388 e. The van der Waals surface area contributed by atoms with Gasteiger partial charge in [-0.3, -0.25) is 9.78 Å². The normalized spacial score (nSPS) is 18.4. The molecule has 8 nitrogen and oxygen atoms in total. The smallest absolute Gasteiger partial charge is 0.388 e. The van der Waals surface area contributed by atoms with E-state index in [9.17, 15) is 13.6 Å². The number of hydrogen-bond acceptors (Lipinski definition) is 6. The topological polar surface area (TPSA) is 93.4 Å². The summed E-state index contributed by atoms with van der Waals surface area (Å²) < 4.78 is 32.9. The fourth-order valence-electron chi connectivity index (χ4n) is 4.55. The molecule has 0 unspecified atom stereocenters. The number of rotatable bonds is 6. The number of carbonyl (C=O) groups is 1. The Balaban J connectivity index is 1.45. The number of halogens is 2. The van der Waals surface area contributed by atoms with E-state index in [2.05, 4.69) is 25.7 Å². The van der Waals surface area contributed by atoms with Crippen molar-refractivity contribution in [2.24, 2.45) is 0 Å². The van der Waals surface area contributed by atoms with Gasteiger partial charge < -0.3 is 15.4 Å². The van der Waals surface area contributed by atoms with E-state index in [0.29, 0.717) is 11.1 Å². The highest BCUT2D eigenvalue weighted by molar-refractivity contribution is 5.90. The van der Waals surface area contributed by atoms with Crippen LogP contribution in [0.1, 0.15) is 32.6 Å². The molecule has 0 radical (unpaired) electrons. The van der Waals surface area contributed by atoms with Crippen LogP contribution in [0.5, 0.6) is 5.88 Å². The van der Waals surface area contributed by atoms with Crippen LogP contribution in [0.2, 0.25) is 0 Å². The van der Waals surface area contributed by atoms with E-state index in [4.69, 9.17) is 4.74 Å². The van der Waals surface area contributed by atoms with Gasteiger partial charge >= 0.3 is 6.61 Å². The van der Waals surface area contributed by atoms with Gasteiger partial charge in [-0.1, -0.05) is 12.1 Å². The lowest BCUT2D eigenvalue weighted by molar-refractivity contribution is -0.119. The van der Waals surface area contributed by atoms with Gasteiger partial charge in [0.2, 0.25) is 17.7 Å². The summed E-state index contributed by atoms with van der Waals surface area (Å²) in [7, 11) is 0. The zero-order valence-corrected chi connectivity index (χ0v) is 18.5. The van der Waals surface area contributed by atoms with Gasteiger partial charge in [0.25, 0.3) is 0 Å². The van der Waals surface area contributed by atoms with Crippen molar-refractivity contribution >= 4 is 28.3 Å². The van der Waals surface area contributed by atoms with Crippen LogP contribution in [0, 0.1) is 0 Å². The van der Waals surface area contributed by atoms with Crippen molar-refractivity contribution < 1.29 is 18.3 Å². The summed E-state index contributed by atoms with van der Waals surface area (Å²) in [5, 5.41) is 11.6. The quantitative estimate of drug-likeness (QED) is 0.437. The van der Waals surface area contributed by atoms with Crippen molar-refractivity contribution in [3.8, 4) is 17.0 Å². The molecule has 0 atom stereocenters. The molecule has 2 N–H and O–H groups in total. The lowest BCUT2D eigenvalue weighted by Gasteiger charge is -2.29. The van der Waals surface area contributed by atoms with Gasteiger partial charge in [-0.25, -0.2) is 4.52 Å². The van der Waals surface area contributed by atoms with Crippen molar-refractivity contribution in [2.75, 3.05) is 5.32 Å². The van der Waals surface area contributed by atoms with Gasteiger partial charge in [0.15, 0.2) is 0 Å². The van der Waals surface area contributed by atoms with Gasteiger partial charge in [-0.2, -0.15) is 13.8 Å². The maximum absolute atomic E-state index is 13.3. The zero-order chi connectivity index (χ0) is 23.7. The number of pyridine rings is 1. The van der Waals surface area contributed by atoms with E-state index in [1.807, 2.05) is 36.4 Å². The summed E-state index contributed by atoms with van der Waals surface area (Å²) >= 11 is 0. The van der Waals surface area contributed by atoms with Crippen LogP contribution >= 0.6 is 0 Å². The first-order chi connectivity index (χ1) is 16.5. The molecule has 3 aromatic heterocycles. The van der Waals surface area contributed by atoms with E-state index in [1.165, 1.54) is 11.4 Å². The Labute approximate surface area is 194 Å². The van der Waals surface area contributed by atoms with Crippen LogP contribution in [0.25, 0.3) is 27.5 Å². The molecule has 0 aliphatic heterocycles. The summed E-state index contributed by atoms with van der Waals surface area (Å²) in [6.07, 6.45) is 6.68. The zero-order valence-electron chi connectivity index (χ0n) is 18.5. The van der Waals surface area contributed by atoms with Crippen molar-refractivity contribution in [1.29, 1.82) is 0 Å². The molecule has 5 rings (SSSR count). The van der Waals surface area contributed by atoms with Crippen LogP contribution in [0.3, 0.4) is 0 Å². The minimum absolute atomic E-state index is 0.0370. The number of aromatic nitrogens is 4. The van der Waals surface area contributed by atoms with Crippen molar-refractivity contribution in [1.82, 2.24) is 24.9 Å². The molecule has 1 fully saturated rings. The number of anilines is 1. The SMILES string of the molecule is CC(=O)NC1CCC(Nc2nc(OC(F)F)c3c(-c4ccc5ncccc5c4)ccn3n2)CC1. The number of ether oxygens (including phenoxy) is 1. The average molecular weight is 466 g/mol. The molecule has 34 heavy (non-hydrogen) atoms. The molecular formula is C24H24F2N6O2. The second kappa shape index (κ2) is 9.20. The lowest BCUT2D eigenvalue weighted by atomic mass is 9.91. The van der Waals surface area contributed by atoms with Crippen molar-refractivity contribution in [2.45, 2.75) is 51.3 Å². The minimum Gasteiger partial charge on any atom is -0.414 e. The first-order valence-electron chi connectivity index (χ1n) is 11.2. The van der Waals surface area contributed by atoms with Gasteiger partial charge in [-0.15, -0.1) is 5.10 Å². The van der Waals surface area contributed by atoms with E-state index in [-0.39, 0.29) is 29.8 Å². The Bertz CT molecular complexity index is 1330. The Kier molecular flexibility index (Phi) is 5.95.